The van der Waals surface area contributed by atoms with Crippen molar-refractivity contribution in [2.75, 3.05) is 7.05 Å². The fourth-order valence-corrected chi connectivity index (χ4v) is 3.42. The van der Waals surface area contributed by atoms with Gasteiger partial charge in [0.05, 0.1) is 10.7 Å². The van der Waals surface area contributed by atoms with Crippen LogP contribution in [0, 0.1) is 6.92 Å². The lowest BCUT2D eigenvalue weighted by atomic mass is 9.87. The van der Waals surface area contributed by atoms with Gasteiger partial charge in [0, 0.05) is 25.4 Å². The first-order valence-corrected chi connectivity index (χ1v) is 10.2. The van der Waals surface area contributed by atoms with Crippen molar-refractivity contribution in [1.29, 1.82) is 0 Å². The highest BCUT2D eigenvalue weighted by atomic mass is 35.5. The molecule has 0 fully saturated rings. The van der Waals surface area contributed by atoms with Crippen molar-refractivity contribution in [3.63, 3.8) is 0 Å². The zero-order valence-electron chi connectivity index (χ0n) is 17.9. The van der Waals surface area contributed by atoms with Gasteiger partial charge in [0.2, 0.25) is 5.43 Å². The molecule has 0 spiro atoms. The van der Waals surface area contributed by atoms with Crippen LogP contribution in [0.4, 0.5) is 0 Å². The first kappa shape index (κ1) is 21.8. The van der Waals surface area contributed by atoms with Crippen LogP contribution in [0.5, 0.6) is 0 Å². The summed E-state index contributed by atoms with van der Waals surface area (Å²) in [6, 6.07) is 16.8. The van der Waals surface area contributed by atoms with E-state index < -0.39 is 11.3 Å². The summed E-state index contributed by atoms with van der Waals surface area (Å²) in [4.78, 5) is 27.0. The van der Waals surface area contributed by atoms with Crippen LogP contribution in [0.1, 0.15) is 48.1 Å². The molecule has 6 heteroatoms. The zero-order chi connectivity index (χ0) is 22.1. The van der Waals surface area contributed by atoms with Gasteiger partial charge in [-0.3, -0.25) is 9.59 Å². The van der Waals surface area contributed by atoms with Gasteiger partial charge in [-0.25, -0.2) is 4.68 Å². The molecule has 2 aromatic carbocycles. The second kappa shape index (κ2) is 8.44. The van der Waals surface area contributed by atoms with Gasteiger partial charge in [0.1, 0.15) is 0 Å². The number of aromatic nitrogens is 2. The number of hydrogen-bond donors (Lipinski definition) is 0. The van der Waals surface area contributed by atoms with Gasteiger partial charge in [-0.2, -0.15) is 5.10 Å². The molecule has 3 rings (SSSR count). The number of para-hydroxylation sites is 1. The molecule has 0 saturated carbocycles. The molecule has 3 aromatic rings. The van der Waals surface area contributed by atoms with Gasteiger partial charge in [0.15, 0.2) is 5.69 Å². The highest BCUT2D eigenvalue weighted by Gasteiger charge is 2.20. The average Bonchev–Trinajstić information content (AvgIpc) is 2.68. The third kappa shape index (κ3) is 4.62. The summed E-state index contributed by atoms with van der Waals surface area (Å²) in [5.41, 5.74) is 2.96. The number of benzene rings is 2. The van der Waals surface area contributed by atoms with Gasteiger partial charge in [-0.05, 0) is 35.6 Å². The lowest BCUT2D eigenvalue weighted by molar-refractivity contribution is 0.0776. The molecule has 0 aliphatic heterocycles. The van der Waals surface area contributed by atoms with E-state index in [0.29, 0.717) is 22.9 Å². The highest BCUT2D eigenvalue weighted by Crippen LogP contribution is 2.23. The molecule has 1 heterocycles. The number of halogens is 1. The summed E-state index contributed by atoms with van der Waals surface area (Å²) in [5, 5.41) is 4.83. The second-order valence-electron chi connectivity index (χ2n) is 8.47. The molecule has 0 radical (unpaired) electrons. The van der Waals surface area contributed by atoms with Gasteiger partial charge < -0.3 is 4.90 Å². The number of hydrogen-bond acceptors (Lipinski definition) is 3. The van der Waals surface area contributed by atoms with Crippen LogP contribution >= 0.6 is 11.6 Å². The Hall–Kier alpha value is -2.92. The average molecular weight is 424 g/mol. The maximum atomic E-state index is 13.0. The molecule has 0 aliphatic carbocycles. The smallest absolute Gasteiger partial charge is 0.278 e. The van der Waals surface area contributed by atoms with E-state index in [0.717, 1.165) is 5.56 Å². The molecule has 0 aliphatic rings. The summed E-state index contributed by atoms with van der Waals surface area (Å²) in [6.45, 7) is 8.61. The van der Waals surface area contributed by atoms with E-state index in [1.807, 2.05) is 24.3 Å². The zero-order valence-corrected chi connectivity index (χ0v) is 18.7. The normalized spacial score (nSPS) is 11.4. The Labute approximate surface area is 181 Å². The molecule has 0 N–H and O–H groups in total. The molecular weight excluding hydrogens is 398 g/mol. The fourth-order valence-electron chi connectivity index (χ4n) is 3.20. The first-order chi connectivity index (χ1) is 14.1. The molecule has 30 heavy (non-hydrogen) atoms. The van der Waals surface area contributed by atoms with E-state index in [1.165, 1.54) is 21.2 Å². The molecule has 0 atom stereocenters. The van der Waals surface area contributed by atoms with Crippen molar-refractivity contribution in [3.8, 4) is 5.69 Å². The maximum Gasteiger partial charge on any atom is 0.278 e. The lowest BCUT2D eigenvalue weighted by Crippen LogP contribution is -2.33. The van der Waals surface area contributed by atoms with E-state index >= 15 is 0 Å². The SMILES string of the molecule is Cc1cc(=O)c(C(=O)N(C)Cc2ccc(C(C)(C)C)cc2)nn1-c1ccccc1Cl. The Morgan fingerprint density at radius 1 is 1.10 bits per heavy atom. The fraction of sp³-hybridized carbons (Fsp3) is 0.292. The predicted molar refractivity (Wildman–Crippen MR) is 121 cm³/mol. The quantitative estimate of drug-likeness (QED) is 0.607. The van der Waals surface area contributed by atoms with Crippen molar-refractivity contribution in [2.45, 2.75) is 39.7 Å². The Kier molecular flexibility index (Phi) is 6.13. The topological polar surface area (TPSA) is 55.2 Å². The van der Waals surface area contributed by atoms with Crippen molar-refractivity contribution < 1.29 is 4.79 Å². The van der Waals surface area contributed by atoms with Crippen molar-refractivity contribution in [3.05, 3.63) is 92.4 Å². The van der Waals surface area contributed by atoms with Gasteiger partial charge >= 0.3 is 0 Å². The first-order valence-electron chi connectivity index (χ1n) is 9.78. The Morgan fingerprint density at radius 2 is 1.73 bits per heavy atom. The number of carbonyl (C=O) groups is 1. The number of rotatable bonds is 4. The molecule has 1 aromatic heterocycles. The minimum absolute atomic E-state index is 0.0653. The third-order valence-electron chi connectivity index (χ3n) is 4.98. The molecule has 5 nitrogen and oxygen atoms in total. The standard InChI is InChI=1S/C24H26ClN3O2/c1-16-14-21(29)22(26-28(16)20-9-7-6-8-19(20)25)23(30)27(5)15-17-10-12-18(13-11-17)24(2,3)4/h6-14H,15H2,1-5H3. The number of amides is 1. The van der Waals surface area contributed by atoms with E-state index in [4.69, 9.17) is 11.6 Å². The van der Waals surface area contributed by atoms with Crippen LogP contribution in [0.25, 0.3) is 5.69 Å². The van der Waals surface area contributed by atoms with Crippen LogP contribution in [0.3, 0.4) is 0 Å². The molecular formula is C24H26ClN3O2. The van der Waals surface area contributed by atoms with Crippen molar-refractivity contribution >= 4 is 17.5 Å². The Balaban J connectivity index is 1.88. The Bertz CT molecular complexity index is 1130. The summed E-state index contributed by atoms with van der Waals surface area (Å²) in [5.74, 6) is -0.430. The minimum Gasteiger partial charge on any atom is -0.336 e. The molecule has 0 bridgehead atoms. The van der Waals surface area contributed by atoms with Crippen LogP contribution in [-0.4, -0.2) is 27.6 Å². The second-order valence-corrected chi connectivity index (χ2v) is 8.88. The summed E-state index contributed by atoms with van der Waals surface area (Å²) in [6.07, 6.45) is 0. The van der Waals surface area contributed by atoms with E-state index in [-0.39, 0.29) is 11.1 Å². The lowest BCUT2D eigenvalue weighted by Gasteiger charge is -2.21. The van der Waals surface area contributed by atoms with E-state index in [2.05, 4.69) is 38.0 Å². The highest BCUT2D eigenvalue weighted by molar-refractivity contribution is 6.32. The van der Waals surface area contributed by atoms with E-state index in [9.17, 15) is 9.59 Å². The molecule has 0 saturated heterocycles. The largest absolute Gasteiger partial charge is 0.336 e. The summed E-state index contributed by atoms with van der Waals surface area (Å²) < 4.78 is 1.53. The number of carbonyl (C=O) groups excluding carboxylic acids is 1. The predicted octanol–water partition coefficient (Wildman–Crippen LogP) is 4.76. The van der Waals surface area contributed by atoms with Crippen LogP contribution in [0.15, 0.2) is 59.4 Å². The molecule has 156 valence electrons. The van der Waals surface area contributed by atoms with Gasteiger partial charge in [-0.15, -0.1) is 0 Å². The monoisotopic (exact) mass is 423 g/mol. The number of aryl methyl sites for hydroxylation is 1. The summed E-state index contributed by atoms with van der Waals surface area (Å²) >= 11 is 6.28. The van der Waals surface area contributed by atoms with Crippen LogP contribution in [-0.2, 0) is 12.0 Å². The van der Waals surface area contributed by atoms with Crippen LogP contribution in [0.2, 0.25) is 5.02 Å². The van der Waals surface area contributed by atoms with Crippen molar-refractivity contribution in [2.24, 2.45) is 0 Å². The molecule has 1 amide bonds. The van der Waals surface area contributed by atoms with E-state index in [1.54, 1.807) is 26.1 Å². The maximum absolute atomic E-state index is 13.0. The van der Waals surface area contributed by atoms with Gasteiger partial charge in [0.25, 0.3) is 5.91 Å². The summed E-state index contributed by atoms with van der Waals surface area (Å²) in [7, 11) is 1.67. The van der Waals surface area contributed by atoms with Crippen LogP contribution < -0.4 is 5.43 Å². The molecule has 0 unspecified atom stereocenters. The minimum atomic E-state index is -0.430. The number of nitrogens with zero attached hydrogens (tertiary/aromatic N) is 3. The van der Waals surface area contributed by atoms with Crippen molar-refractivity contribution in [1.82, 2.24) is 14.7 Å². The van der Waals surface area contributed by atoms with Gasteiger partial charge in [-0.1, -0.05) is 68.8 Å². The Morgan fingerprint density at radius 3 is 2.33 bits per heavy atom. The third-order valence-corrected chi connectivity index (χ3v) is 5.30.